The topological polar surface area (TPSA) is 0 Å². The molecule has 0 aliphatic heterocycles. The van der Waals surface area contributed by atoms with Gasteiger partial charge in [0.25, 0.3) is 0 Å². The van der Waals surface area contributed by atoms with Crippen molar-refractivity contribution in [2.24, 2.45) is 10.8 Å². The average molecular weight is 423 g/mol. The zero-order valence-corrected chi connectivity index (χ0v) is 16.8. The third-order valence-corrected chi connectivity index (χ3v) is 9.35. The van der Waals surface area contributed by atoms with Crippen molar-refractivity contribution in [2.75, 3.05) is 0 Å². The maximum atomic E-state index is 2.39. The van der Waals surface area contributed by atoms with E-state index in [1.165, 1.54) is 12.8 Å². The molecule has 0 aromatic carbocycles. The van der Waals surface area contributed by atoms with Gasteiger partial charge in [-0.3, -0.25) is 0 Å². The molecule has 0 atom stereocenters. The molecule has 2 aliphatic rings. The molecule has 0 bridgehead atoms. The molecule has 0 aromatic rings. The summed E-state index contributed by atoms with van der Waals surface area (Å²) in [5, 5.41) is 0. The third-order valence-electron chi connectivity index (χ3n) is 3.78. The molecule has 0 heterocycles. The van der Waals surface area contributed by atoms with Gasteiger partial charge in [0.05, 0.1) is 0 Å². The quantitative estimate of drug-likeness (QED) is 0.492. The first-order valence-electron chi connectivity index (χ1n) is 7.27. The summed E-state index contributed by atoms with van der Waals surface area (Å²) in [5.41, 5.74) is 3.93. The van der Waals surface area contributed by atoms with E-state index in [2.05, 4.69) is 65.8 Å². The van der Waals surface area contributed by atoms with Crippen LogP contribution in [-0.4, -0.2) is 0 Å². The van der Waals surface area contributed by atoms with Gasteiger partial charge >= 0.3 is 130 Å². The summed E-state index contributed by atoms with van der Waals surface area (Å²) in [4.78, 5) is 0. The van der Waals surface area contributed by atoms with Gasteiger partial charge in [0.15, 0.2) is 0 Å². The largest absolute Gasteiger partial charge is 1.00 e. The summed E-state index contributed by atoms with van der Waals surface area (Å²) in [6.07, 6.45) is 12.0. The number of hydrogen-bond donors (Lipinski definition) is 0. The Labute approximate surface area is 133 Å². The fraction of sp³-hybridized carbons (Fsp3) is 0.556. The van der Waals surface area contributed by atoms with Crippen molar-refractivity contribution in [3.05, 3.63) is 42.1 Å². The molecule has 0 fully saturated rings. The molecular formula is C18H28Hf-2. The minimum atomic E-state index is -0.825. The van der Waals surface area contributed by atoms with Crippen molar-refractivity contribution >= 4 is 0 Å². The Morgan fingerprint density at radius 2 is 1.16 bits per heavy atom. The summed E-state index contributed by atoms with van der Waals surface area (Å²) in [7, 11) is 0. The van der Waals surface area contributed by atoms with Crippen molar-refractivity contribution in [3.8, 4) is 0 Å². The minimum absolute atomic E-state index is 0. The van der Waals surface area contributed by atoms with Gasteiger partial charge in [-0.15, -0.1) is 0 Å². The van der Waals surface area contributed by atoms with Crippen LogP contribution in [0.2, 0.25) is 0 Å². The Bertz CT molecular complexity index is 448. The number of rotatable bonds is 2. The van der Waals surface area contributed by atoms with E-state index in [1.807, 2.05) is 6.66 Å². The van der Waals surface area contributed by atoms with Gasteiger partial charge in [0.1, 0.15) is 0 Å². The van der Waals surface area contributed by atoms with Crippen LogP contribution in [0.1, 0.15) is 57.2 Å². The average Bonchev–Trinajstić information content (AvgIpc) is 2.83. The Morgan fingerprint density at radius 3 is 1.47 bits per heavy atom. The van der Waals surface area contributed by atoms with Gasteiger partial charge in [0.2, 0.25) is 0 Å². The Balaban J connectivity index is 0.00000200. The SMILES string of the molecule is CC(C)(C)C1=[C]([Hf][C]2=C(C(C)(C)C)C=CC2)CC=C1.[H-].[H-]. The van der Waals surface area contributed by atoms with Gasteiger partial charge in [-0.2, -0.15) is 0 Å². The predicted octanol–water partition coefficient (Wildman–Crippen LogP) is 5.81. The van der Waals surface area contributed by atoms with Crippen molar-refractivity contribution < 1.29 is 25.8 Å². The third kappa shape index (κ3) is 3.48. The van der Waals surface area contributed by atoms with Crippen LogP contribution in [0.15, 0.2) is 42.1 Å². The van der Waals surface area contributed by atoms with Crippen LogP contribution < -0.4 is 0 Å². The van der Waals surface area contributed by atoms with Crippen LogP contribution in [0.4, 0.5) is 0 Å². The zero-order chi connectivity index (χ0) is 14.3. The molecule has 2 aliphatic carbocycles. The second-order valence-electron chi connectivity index (χ2n) is 7.62. The van der Waals surface area contributed by atoms with E-state index in [0.29, 0.717) is 10.8 Å². The van der Waals surface area contributed by atoms with Crippen molar-refractivity contribution in [1.82, 2.24) is 0 Å². The molecule has 0 saturated heterocycles. The molecule has 106 valence electrons. The molecule has 19 heavy (non-hydrogen) atoms. The molecule has 0 radical (unpaired) electrons. The second-order valence-corrected chi connectivity index (χ2v) is 12.9. The molecule has 0 nitrogen and oxygen atoms in total. The maximum absolute atomic E-state index is 2.39. The summed E-state index contributed by atoms with van der Waals surface area (Å²) < 4.78 is 3.65. The fourth-order valence-corrected chi connectivity index (χ4v) is 9.98. The van der Waals surface area contributed by atoms with Crippen LogP contribution in [0.25, 0.3) is 0 Å². The van der Waals surface area contributed by atoms with Crippen molar-refractivity contribution in [2.45, 2.75) is 54.4 Å². The van der Waals surface area contributed by atoms with Crippen LogP contribution in [0.5, 0.6) is 0 Å². The maximum Gasteiger partial charge on any atom is -1.00 e. The first kappa shape index (κ1) is 15.2. The van der Waals surface area contributed by atoms with E-state index in [0.717, 1.165) is 0 Å². The Morgan fingerprint density at radius 1 is 0.789 bits per heavy atom. The first-order chi connectivity index (χ1) is 8.69. The smallest absolute Gasteiger partial charge is 1.00 e. The molecule has 0 aromatic heterocycles. The Kier molecular flexibility index (Phi) is 4.26. The zero-order valence-electron chi connectivity index (χ0n) is 15.2. The van der Waals surface area contributed by atoms with E-state index in [4.69, 9.17) is 0 Å². The normalized spacial score (nSPS) is 19.9. The Hall–Kier alpha value is -0.170. The van der Waals surface area contributed by atoms with E-state index in [1.54, 1.807) is 11.1 Å². The van der Waals surface area contributed by atoms with Gasteiger partial charge in [0, 0.05) is 0 Å². The van der Waals surface area contributed by atoms with E-state index in [-0.39, 0.29) is 2.85 Å². The van der Waals surface area contributed by atoms with E-state index >= 15 is 0 Å². The summed E-state index contributed by atoms with van der Waals surface area (Å²) in [6.45, 7) is 14.1. The standard InChI is InChI=1S/2C9H13.Hf.2H/c2*1-9(2,3)8-6-4-5-7-8;;;/h2*4,6H,5H2,1-3H3;;;/q;;;2*-1. The molecule has 0 saturated carbocycles. The molecular weight excluding hydrogens is 395 g/mol. The summed E-state index contributed by atoms with van der Waals surface area (Å²) in [5.74, 6) is 0. The van der Waals surface area contributed by atoms with Crippen LogP contribution >= 0.6 is 0 Å². The first-order valence-corrected chi connectivity index (χ1v) is 10.9. The fourth-order valence-electron chi connectivity index (χ4n) is 2.83. The van der Waals surface area contributed by atoms with Gasteiger partial charge < -0.3 is 2.85 Å². The monoisotopic (exact) mass is 424 g/mol. The van der Waals surface area contributed by atoms with Gasteiger partial charge in [-0.05, 0) is 0 Å². The van der Waals surface area contributed by atoms with Crippen LogP contribution in [0, 0.1) is 10.8 Å². The van der Waals surface area contributed by atoms with Crippen LogP contribution in [-0.2, 0) is 22.9 Å². The van der Waals surface area contributed by atoms with Crippen molar-refractivity contribution in [1.29, 1.82) is 0 Å². The molecule has 0 spiro atoms. The van der Waals surface area contributed by atoms with Gasteiger partial charge in [-0.1, -0.05) is 0 Å². The van der Waals surface area contributed by atoms with Crippen molar-refractivity contribution in [3.63, 3.8) is 0 Å². The molecule has 0 amide bonds. The summed E-state index contributed by atoms with van der Waals surface area (Å²) in [6, 6.07) is 0. The molecule has 2 rings (SSSR count). The predicted molar refractivity (Wildman–Crippen MR) is 82.7 cm³/mol. The van der Waals surface area contributed by atoms with E-state index in [9.17, 15) is 0 Å². The second kappa shape index (κ2) is 5.31. The molecule has 1 heteroatoms. The number of hydrogen-bond acceptors (Lipinski definition) is 0. The van der Waals surface area contributed by atoms with Crippen LogP contribution in [0.3, 0.4) is 0 Å². The molecule has 0 unspecified atom stereocenters. The van der Waals surface area contributed by atoms with E-state index < -0.39 is 22.9 Å². The minimum Gasteiger partial charge on any atom is -1.00 e. The summed E-state index contributed by atoms with van der Waals surface area (Å²) >= 11 is -0.825. The molecule has 0 N–H and O–H groups in total. The number of allylic oxidation sites excluding steroid dienone is 8. The van der Waals surface area contributed by atoms with Gasteiger partial charge in [-0.25, -0.2) is 0 Å².